The van der Waals surface area contributed by atoms with Crippen molar-refractivity contribution in [2.24, 2.45) is 5.92 Å². The molecule has 29 heavy (non-hydrogen) atoms. The number of rotatable bonds is 7. The molecule has 2 aromatic carbocycles. The maximum atomic E-state index is 4.79. The van der Waals surface area contributed by atoms with Crippen LogP contribution in [0.15, 0.2) is 54.6 Å². The van der Waals surface area contributed by atoms with Crippen molar-refractivity contribution in [2.75, 3.05) is 30.9 Å². The molecule has 0 saturated heterocycles. The maximum absolute atomic E-state index is 4.79. The van der Waals surface area contributed by atoms with E-state index in [0.717, 1.165) is 41.7 Å². The van der Waals surface area contributed by atoms with Crippen molar-refractivity contribution < 1.29 is 0 Å². The highest BCUT2D eigenvalue weighted by Gasteiger charge is 2.22. The van der Waals surface area contributed by atoms with Crippen LogP contribution < -0.4 is 15.5 Å². The molecule has 0 radical (unpaired) electrons. The lowest BCUT2D eigenvalue weighted by Crippen LogP contribution is -2.31. The maximum Gasteiger partial charge on any atom is 0.225 e. The van der Waals surface area contributed by atoms with Gasteiger partial charge in [0.25, 0.3) is 0 Å². The summed E-state index contributed by atoms with van der Waals surface area (Å²) in [6, 6.07) is 19.3. The molecule has 0 atom stereocenters. The van der Waals surface area contributed by atoms with Crippen molar-refractivity contribution in [1.29, 1.82) is 0 Å². The van der Waals surface area contributed by atoms with Gasteiger partial charge in [-0.15, -0.1) is 0 Å². The molecule has 0 amide bonds. The summed E-state index contributed by atoms with van der Waals surface area (Å²) in [5, 5.41) is 8.32. The molecule has 1 aromatic heterocycles. The number of nitrogens with one attached hydrogen (secondary N) is 2. The predicted molar refractivity (Wildman–Crippen MR) is 121 cm³/mol. The van der Waals surface area contributed by atoms with Gasteiger partial charge >= 0.3 is 0 Å². The molecule has 0 aliphatic heterocycles. The Morgan fingerprint density at radius 2 is 1.62 bits per heavy atom. The molecule has 0 unspecified atom stereocenters. The Morgan fingerprint density at radius 1 is 0.897 bits per heavy atom. The van der Waals surface area contributed by atoms with Gasteiger partial charge in [-0.3, -0.25) is 0 Å². The fourth-order valence-corrected chi connectivity index (χ4v) is 4.18. The second kappa shape index (κ2) is 9.23. The van der Waals surface area contributed by atoms with Gasteiger partial charge in [0.05, 0.1) is 5.52 Å². The van der Waals surface area contributed by atoms with E-state index in [2.05, 4.69) is 58.0 Å². The number of fused-ring (bicyclic) bond motifs is 1. The number of para-hydroxylation sites is 1. The summed E-state index contributed by atoms with van der Waals surface area (Å²) < 4.78 is 0. The largest absolute Gasteiger partial charge is 0.362 e. The summed E-state index contributed by atoms with van der Waals surface area (Å²) in [4.78, 5) is 11.6. The molecule has 1 heterocycles. The van der Waals surface area contributed by atoms with Crippen LogP contribution in [0.3, 0.4) is 0 Å². The van der Waals surface area contributed by atoms with Crippen LogP contribution in [-0.2, 0) is 6.54 Å². The SMILES string of the molecule is CN(C)c1nc(NC2CCC(CNCc3ccccc3)CC2)nc2ccccc12. The quantitative estimate of drug-likeness (QED) is 0.625. The van der Waals surface area contributed by atoms with E-state index in [4.69, 9.17) is 9.97 Å². The summed E-state index contributed by atoms with van der Waals surface area (Å²) in [5.74, 6) is 2.47. The Balaban J connectivity index is 1.30. The monoisotopic (exact) mass is 389 g/mol. The van der Waals surface area contributed by atoms with Gasteiger partial charge in [0.1, 0.15) is 5.82 Å². The van der Waals surface area contributed by atoms with Gasteiger partial charge in [0, 0.05) is 32.1 Å². The van der Waals surface area contributed by atoms with E-state index in [-0.39, 0.29) is 0 Å². The van der Waals surface area contributed by atoms with E-state index >= 15 is 0 Å². The van der Waals surface area contributed by atoms with Crippen LogP contribution in [0.2, 0.25) is 0 Å². The van der Waals surface area contributed by atoms with Gasteiger partial charge in [0.2, 0.25) is 5.95 Å². The fraction of sp³-hybridized carbons (Fsp3) is 0.417. The highest BCUT2D eigenvalue weighted by molar-refractivity contribution is 5.90. The lowest BCUT2D eigenvalue weighted by molar-refractivity contribution is 0.324. The molecule has 3 aromatic rings. The van der Waals surface area contributed by atoms with Gasteiger partial charge in [-0.2, -0.15) is 4.98 Å². The van der Waals surface area contributed by atoms with Crippen LogP contribution in [0.5, 0.6) is 0 Å². The van der Waals surface area contributed by atoms with Crippen molar-refractivity contribution in [3.8, 4) is 0 Å². The molecule has 0 spiro atoms. The van der Waals surface area contributed by atoms with Gasteiger partial charge in [-0.1, -0.05) is 42.5 Å². The van der Waals surface area contributed by atoms with Gasteiger partial charge in [0.15, 0.2) is 0 Å². The number of aromatic nitrogens is 2. The van der Waals surface area contributed by atoms with E-state index in [1.807, 2.05) is 26.2 Å². The first-order valence-electron chi connectivity index (χ1n) is 10.6. The molecule has 4 rings (SSSR count). The second-order valence-electron chi connectivity index (χ2n) is 8.26. The number of benzene rings is 2. The molecule has 1 fully saturated rings. The summed E-state index contributed by atoms with van der Waals surface area (Å²) in [6.07, 6.45) is 4.83. The molecule has 1 aliphatic rings. The summed E-state index contributed by atoms with van der Waals surface area (Å²) in [7, 11) is 4.07. The third-order valence-corrected chi connectivity index (χ3v) is 5.79. The Hall–Kier alpha value is -2.66. The van der Waals surface area contributed by atoms with Crippen LogP contribution in [0, 0.1) is 5.92 Å². The van der Waals surface area contributed by atoms with Crippen LogP contribution in [0.25, 0.3) is 10.9 Å². The van der Waals surface area contributed by atoms with Gasteiger partial charge < -0.3 is 15.5 Å². The summed E-state index contributed by atoms with van der Waals surface area (Å²) in [6.45, 7) is 2.05. The Morgan fingerprint density at radius 3 is 2.38 bits per heavy atom. The first kappa shape index (κ1) is 19.6. The third-order valence-electron chi connectivity index (χ3n) is 5.79. The fourth-order valence-electron chi connectivity index (χ4n) is 4.18. The standard InChI is InChI=1S/C24H31N5/c1-29(2)23-21-10-6-7-11-22(21)27-24(28-23)26-20-14-12-19(13-15-20)17-25-16-18-8-4-3-5-9-18/h3-11,19-20,25H,12-17H2,1-2H3,(H,26,27,28). The van der Waals surface area contributed by atoms with Crippen molar-refractivity contribution in [3.05, 3.63) is 60.2 Å². The van der Waals surface area contributed by atoms with E-state index < -0.39 is 0 Å². The Kier molecular flexibility index (Phi) is 6.25. The molecule has 2 N–H and O–H groups in total. The van der Waals surface area contributed by atoms with Crippen molar-refractivity contribution in [2.45, 2.75) is 38.3 Å². The number of anilines is 2. The molecular formula is C24H31N5. The molecule has 152 valence electrons. The zero-order valence-electron chi connectivity index (χ0n) is 17.4. The zero-order chi connectivity index (χ0) is 20.1. The van der Waals surface area contributed by atoms with Crippen molar-refractivity contribution in [1.82, 2.24) is 15.3 Å². The van der Waals surface area contributed by atoms with E-state index in [9.17, 15) is 0 Å². The minimum absolute atomic E-state index is 0.455. The molecule has 5 nitrogen and oxygen atoms in total. The van der Waals surface area contributed by atoms with E-state index in [1.54, 1.807) is 0 Å². The highest BCUT2D eigenvalue weighted by atomic mass is 15.2. The van der Waals surface area contributed by atoms with Crippen LogP contribution in [0.1, 0.15) is 31.2 Å². The number of hydrogen-bond acceptors (Lipinski definition) is 5. The summed E-state index contributed by atoms with van der Waals surface area (Å²) in [5.41, 5.74) is 2.35. The lowest BCUT2D eigenvalue weighted by atomic mass is 9.86. The smallest absolute Gasteiger partial charge is 0.225 e. The highest BCUT2D eigenvalue weighted by Crippen LogP contribution is 2.28. The number of nitrogens with zero attached hydrogens (tertiary/aromatic N) is 3. The predicted octanol–water partition coefficient (Wildman–Crippen LogP) is 4.46. The molecule has 1 aliphatic carbocycles. The van der Waals surface area contributed by atoms with Crippen LogP contribution in [-0.4, -0.2) is 36.6 Å². The second-order valence-corrected chi connectivity index (χ2v) is 8.26. The average Bonchev–Trinajstić information content (AvgIpc) is 2.75. The first-order chi connectivity index (χ1) is 14.2. The normalized spacial score (nSPS) is 19.2. The average molecular weight is 390 g/mol. The van der Waals surface area contributed by atoms with Gasteiger partial charge in [-0.05, 0) is 55.8 Å². The zero-order valence-corrected chi connectivity index (χ0v) is 17.4. The summed E-state index contributed by atoms with van der Waals surface area (Å²) >= 11 is 0. The lowest BCUT2D eigenvalue weighted by Gasteiger charge is -2.29. The van der Waals surface area contributed by atoms with Crippen LogP contribution >= 0.6 is 0 Å². The van der Waals surface area contributed by atoms with E-state index in [0.29, 0.717) is 6.04 Å². The Bertz CT molecular complexity index is 917. The van der Waals surface area contributed by atoms with E-state index in [1.165, 1.54) is 31.2 Å². The Labute approximate surface area is 173 Å². The molecule has 0 bridgehead atoms. The van der Waals surface area contributed by atoms with Gasteiger partial charge in [-0.25, -0.2) is 4.98 Å². The first-order valence-corrected chi connectivity index (χ1v) is 10.6. The van der Waals surface area contributed by atoms with Crippen molar-refractivity contribution in [3.63, 3.8) is 0 Å². The molecular weight excluding hydrogens is 358 g/mol. The molecule has 5 heteroatoms. The van der Waals surface area contributed by atoms with Crippen molar-refractivity contribution >= 4 is 22.7 Å². The topological polar surface area (TPSA) is 53.1 Å². The third kappa shape index (κ3) is 5.04. The van der Waals surface area contributed by atoms with Crippen LogP contribution in [0.4, 0.5) is 11.8 Å². The minimum atomic E-state index is 0.455. The number of hydrogen-bond donors (Lipinski definition) is 2. The minimum Gasteiger partial charge on any atom is -0.362 e. The molecule has 1 saturated carbocycles.